The van der Waals surface area contributed by atoms with Crippen LogP contribution in [-0.4, -0.2) is 42.5 Å². The van der Waals surface area contributed by atoms with Crippen LogP contribution in [0.1, 0.15) is 12.8 Å². The minimum Gasteiger partial charge on any atom is -0.484 e. The molecule has 1 atom stereocenters. The van der Waals surface area contributed by atoms with E-state index in [4.69, 9.17) is 32.7 Å². The highest BCUT2D eigenvalue weighted by Gasteiger charge is 2.33. The van der Waals surface area contributed by atoms with Crippen molar-refractivity contribution in [1.29, 1.82) is 0 Å². The first-order chi connectivity index (χ1) is 14.4. The summed E-state index contributed by atoms with van der Waals surface area (Å²) in [6.07, 6.45) is 0.545. The maximum absolute atomic E-state index is 12.5. The van der Waals surface area contributed by atoms with Crippen LogP contribution in [-0.2, 0) is 9.59 Å². The van der Waals surface area contributed by atoms with E-state index >= 15 is 0 Å². The van der Waals surface area contributed by atoms with Crippen LogP contribution in [0, 0.1) is 0 Å². The van der Waals surface area contributed by atoms with E-state index in [1.807, 2.05) is 0 Å². The van der Waals surface area contributed by atoms with Gasteiger partial charge in [-0.2, -0.15) is 0 Å². The van der Waals surface area contributed by atoms with Crippen LogP contribution >= 0.6 is 23.2 Å². The second kappa shape index (κ2) is 10.4. The Morgan fingerprint density at radius 2 is 1.67 bits per heavy atom. The van der Waals surface area contributed by atoms with Crippen LogP contribution in [0.3, 0.4) is 0 Å². The van der Waals surface area contributed by atoms with Crippen molar-refractivity contribution in [2.24, 2.45) is 0 Å². The lowest BCUT2D eigenvalue weighted by Gasteiger charge is -2.18. The summed E-state index contributed by atoms with van der Waals surface area (Å²) in [6, 6.07) is 13.7. The normalized spacial score (nSPS) is 15.7. The molecule has 1 aliphatic rings. The number of carbonyl (C=O) groups excluding carboxylic acids is 2. The van der Waals surface area contributed by atoms with E-state index in [0.29, 0.717) is 53.2 Å². The lowest BCUT2D eigenvalue weighted by Crippen LogP contribution is -2.34. The molecule has 2 aromatic rings. The standard InChI is InChI=1S/C22H22Cl2N2O4/c1-15(25-21(27)14-29-18-6-2-16(23)3-7-18)10-12-26-13-11-20(22(26)28)30-19-8-4-17(24)5-9-19/h2-9,20H,1,10-14H2,(H,25,27)/t20-/m0/s1. The Kier molecular flexibility index (Phi) is 7.60. The Balaban J connectivity index is 1.37. The second-order valence-corrected chi connectivity index (χ2v) is 7.69. The number of likely N-dealkylation sites (tertiary alicyclic amines) is 1. The van der Waals surface area contributed by atoms with Crippen LogP contribution in [0.15, 0.2) is 60.8 Å². The van der Waals surface area contributed by atoms with Crippen molar-refractivity contribution < 1.29 is 19.1 Å². The van der Waals surface area contributed by atoms with Crippen molar-refractivity contribution in [3.63, 3.8) is 0 Å². The predicted octanol–water partition coefficient (Wildman–Crippen LogP) is 4.07. The molecule has 1 aliphatic heterocycles. The number of amides is 2. The molecule has 0 unspecified atom stereocenters. The van der Waals surface area contributed by atoms with E-state index in [1.165, 1.54) is 0 Å². The van der Waals surface area contributed by atoms with Crippen molar-refractivity contribution in [1.82, 2.24) is 10.2 Å². The largest absolute Gasteiger partial charge is 0.484 e. The van der Waals surface area contributed by atoms with Crippen LogP contribution < -0.4 is 14.8 Å². The van der Waals surface area contributed by atoms with Gasteiger partial charge in [0.05, 0.1) is 0 Å². The third kappa shape index (κ3) is 6.40. The van der Waals surface area contributed by atoms with Crippen molar-refractivity contribution in [2.45, 2.75) is 18.9 Å². The number of rotatable bonds is 9. The molecule has 3 rings (SSSR count). The van der Waals surface area contributed by atoms with Gasteiger partial charge >= 0.3 is 0 Å². The van der Waals surface area contributed by atoms with Gasteiger partial charge in [0.15, 0.2) is 12.7 Å². The summed E-state index contributed by atoms with van der Waals surface area (Å²) in [5, 5.41) is 3.90. The Hall–Kier alpha value is -2.70. The number of carbonyl (C=O) groups is 2. The zero-order valence-corrected chi connectivity index (χ0v) is 17.8. The molecule has 8 heteroatoms. The van der Waals surface area contributed by atoms with E-state index in [1.54, 1.807) is 53.4 Å². The van der Waals surface area contributed by atoms with Gasteiger partial charge in [0.2, 0.25) is 0 Å². The van der Waals surface area contributed by atoms with Gasteiger partial charge in [-0.25, -0.2) is 0 Å². The summed E-state index contributed by atoms with van der Waals surface area (Å²) in [5.74, 6) is 0.772. The van der Waals surface area contributed by atoms with Crippen molar-refractivity contribution in [3.05, 3.63) is 70.9 Å². The predicted molar refractivity (Wildman–Crippen MR) is 116 cm³/mol. The first kappa shape index (κ1) is 22.0. The molecule has 0 saturated carbocycles. The minimum atomic E-state index is -0.512. The van der Waals surface area contributed by atoms with Gasteiger partial charge in [-0.1, -0.05) is 29.8 Å². The molecule has 0 spiro atoms. The van der Waals surface area contributed by atoms with Gasteiger partial charge in [-0.15, -0.1) is 0 Å². The Morgan fingerprint density at radius 3 is 2.30 bits per heavy atom. The zero-order chi connectivity index (χ0) is 21.5. The molecule has 6 nitrogen and oxygen atoms in total. The van der Waals surface area contributed by atoms with Gasteiger partial charge in [0, 0.05) is 41.7 Å². The highest BCUT2D eigenvalue weighted by molar-refractivity contribution is 6.30. The highest BCUT2D eigenvalue weighted by Crippen LogP contribution is 2.22. The van der Waals surface area contributed by atoms with Gasteiger partial charge in [0.1, 0.15) is 11.5 Å². The number of benzene rings is 2. The molecular formula is C22H22Cl2N2O4. The van der Waals surface area contributed by atoms with E-state index in [-0.39, 0.29) is 18.4 Å². The molecule has 1 saturated heterocycles. The zero-order valence-electron chi connectivity index (χ0n) is 16.3. The number of halogens is 2. The van der Waals surface area contributed by atoms with E-state index in [2.05, 4.69) is 11.9 Å². The minimum absolute atomic E-state index is 0.0739. The number of nitrogens with one attached hydrogen (secondary N) is 1. The molecule has 1 heterocycles. The fraction of sp³-hybridized carbons (Fsp3) is 0.273. The first-order valence-corrected chi connectivity index (χ1v) is 10.2. The molecule has 158 valence electrons. The molecule has 2 amide bonds. The van der Waals surface area contributed by atoms with Crippen LogP contribution in [0.4, 0.5) is 0 Å². The number of hydrogen-bond donors (Lipinski definition) is 1. The lowest BCUT2D eigenvalue weighted by atomic mass is 10.3. The molecular weight excluding hydrogens is 427 g/mol. The Labute approximate surface area is 185 Å². The second-order valence-electron chi connectivity index (χ2n) is 6.82. The molecule has 1 N–H and O–H groups in total. The smallest absolute Gasteiger partial charge is 0.263 e. The third-order valence-corrected chi connectivity index (χ3v) is 5.03. The summed E-state index contributed by atoms with van der Waals surface area (Å²) in [7, 11) is 0. The fourth-order valence-corrected chi connectivity index (χ4v) is 3.22. The molecule has 0 aliphatic carbocycles. The molecule has 1 fully saturated rings. The van der Waals surface area contributed by atoms with Crippen LogP contribution in [0.5, 0.6) is 11.5 Å². The fourth-order valence-electron chi connectivity index (χ4n) is 2.96. The monoisotopic (exact) mass is 448 g/mol. The highest BCUT2D eigenvalue weighted by atomic mass is 35.5. The summed E-state index contributed by atoms with van der Waals surface area (Å²) >= 11 is 11.7. The van der Waals surface area contributed by atoms with E-state index in [9.17, 15) is 9.59 Å². The van der Waals surface area contributed by atoms with Gasteiger partial charge in [-0.05, 0) is 48.5 Å². The number of nitrogens with zero attached hydrogens (tertiary/aromatic N) is 1. The van der Waals surface area contributed by atoms with Gasteiger partial charge in [0.25, 0.3) is 11.8 Å². The van der Waals surface area contributed by atoms with Crippen molar-refractivity contribution in [3.8, 4) is 11.5 Å². The lowest BCUT2D eigenvalue weighted by molar-refractivity contribution is -0.133. The SMILES string of the molecule is C=C(CCN1CC[C@H](Oc2ccc(Cl)cc2)C1=O)NC(=O)COc1ccc(Cl)cc1. The Morgan fingerprint density at radius 1 is 1.07 bits per heavy atom. The summed E-state index contributed by atoms with van der Waals surface area (Å²) in [5.41, 5.74) is 0.523. The molecule has 0 bridgehead atoms. The molecule has 0 aromatic heterocycles. The van der Waals surface area contributed by atoms with Crippen LogP contribution in [0.25, 0.3) is 0 Å². The topological polar surface area (TPSA) is 67.9 Å². The summed E-state index contributed by atoms with van der Waals surface area (Å²) in [6.45, 7) is 4.77. The maximum Gasteiger partial charge on any atom is 0.263 e. The Bertz CT molecular complexity index is 900. The summed E-state index contributed by atoms with van der Waals surface area (Å²) < 4.78 is 11.2. The van der Waals surface area contributed by atoms with E-state index < -0.39 is 6.10 Å². The average molecular weight is 449 g/mol. The van der Waals surface area contributed by atoms with Crippen molar-refractivity contribution in [2.75, 3.05) is 19.7 Å². The molecule has 2 aromatic carbocycles. The summed E-state index contributed by atoms with van der Waals surface area (Å²) in [4.78, 5) is 26.2. The molecule has 0 radical (unpaired) electrons. The van der Waals surface area contributed by atoms with Crippen LogP contribution in [0.2, 0.25) is 10.0 Å². The van der Waals surface area contributed by atoms with E-state index in [0.717, 1.165) is 0 Å². The number of ether oxygens (including phenoxy) is 2. The third-order valence-electron chi connectivity index (χ3n) is 4.52. The van der Waals surface area contributed by atoms with Crippen molar-refractivity contribution >= 4 is 35.0 Å². The number of hydrogen-bond acceptors (Lipinski definition) is 4. The average Bonchev–Trinajstić information content (AvgIpc) is 3.07. The quantitative estimate of drug-likeness (QED) is 0.627. The van der Waals surface area contributed by atoms with Gasteiger partial charge in [-0.3, -0.25) is 9.59 Å². The molecule has 30 heavy (non-hydrogen) atoms. The first-order valence-electron chi connectivity index (χ1n) is 9.48. The maximum atomic E-state index is 12.5. The van der Waals surface area contributed by atoms with Gasteiger partial charge < -0.3 is 19.7 Å².